The summed E-state index contributed by atoms with van der Waals surface area (Å²) in [6, 6.07) is 7.64. The van der Waals surface area contributed by atoms with E-state index in [4.69, 9.17) is 37.4 Å². The van der Waals surface area contributed by atoms with Crippen molar-refractivity contribution in [2.75, 3.05) is 21.3 Å². The van der Waals surface area contributed by atoms with E-state index in [-0.39, 0.29) is 35.0 Å². The van der Waals surface area contributed by atoms with Crippen LogP contribution in [0.1, 0.15) is 42.1 Å². The number of hydrogen-bond acceptors (Lipinski definition) is 6. The van der Waals surface area contributed by atoms with Crippen LogP contribution in [0, 0.1) is 10.1 Å². The molecule has 0 aliphatic heterocycles. The third-order valence-corrected chi connectivity index (χ3v) is 5.88. The van der Waals surface area contributed by atoms with Crippen LogP contribution in [0.4, 0.5) is 0 Å². The van der Waals surface area contributed by atoms with Crippen LogP contribution < -0.4 is 14.2 Å². The van der Waals surface area contributed by atoms with Crippen molar-refractivity contribution in [3.63, 3.8) is 0 Å². The molecular weight excluding hydrogens is 433 g/mol. The minimum Gasteiger partial charge on any atom is -0.493 e. The molecule has 0 saturated carbocycles. The van der Waals surface area contributed by atoms with E-state index in [0.29, 0.717) is 33.4 Å². The van der Waals surface area contributed by atoms with Crippen molar-refractivity contribution >= 4 is 29.0 Å². The monoisotopic (exact) mass is 455 g/mol. The zero-order chi connectivity index (χ0) is 22.5. The van der Waals surface area contributed by atoms with E-state index in [1.807, 2.05) is 0 Å². The summed E-state index contributed by atoms with van der Waals surface area (Å²) in [5.41, 5.74) is -0.751. The summed E-state index contributed by atoms with van der Waals surface area (Å²) >= 11 is 12.0. The van der Waals surface area contributed by atoms with Gasteiger partial charge in [-0.3, -0.25) is 14.9 Å². The minimum absolute atomic E-state index is 0.00997. The molecule has 30 heavy (non-hydrogen) atoms. The number of nitro groups is 1. The second-order valence-electron chi connectivity index (χ2n) is 6.61. The lowest BCUT2D eigenvalue weighted by atomic mass is 9.82. The van der Waals surface area contributed by atoms with Crippen molar-refractivity contribution in [3.8, 4) is 17.2 Å². The molecule has 0 saturated heterocycles. The highest BCUT2D eigenvalue weighted by atomic mass is 35.5. The van der Waals surface area contributed by atoms with Gasteiger partial charge in [0.15, 0.2) is 17.3 Å². The summed E-state index contributed by atoms with van der Waals surface area (Å²) in [5.74, 6) is 0.746. The lowest BCUT2D eigenvalue weighted by Crippen LogP contribution is -2.35. The van der Waals surface area contributed by atoms with E-state index < -0.39 is 5.54 Å². The zero-order valence-corrected chi connectivity index (χ0v) is 18.7. The van der Waals surface area contributed by atoms with Gasteiger partial charge in [-0.2, -0.15) is 0 Å². The maximum absolute atomic E-state index is 12.9. The van der Waals surface area contributed by atoms with Crippen molar-refractivity contribution in [2.45, 2.75) is 31.7 Å². The summed E-state index contributed by atoms with van der Waals surface area (Å²) in [7, 11) is 4.36. The Bertz CT molecular complexity index is 924. The van der Waals surface area contributed by atoms with Crippen LogP contribution in [0.5, 0.6) is 17.2 Å². The average Bonchev–Trinajstić information content (AvgIpc) is 2.75. The molecule has 0 aromatic heterocycles. The third kappa shape index (κ3) is 4.63. The topological polar surface area (TPSA) is 87.9 Å². The number of rotatable bonds is 10. The molecule has 0 N–H and O–H groups in total. The highest BCUT2D eigenvalue weighted by molar-refractivity contribution is 6.42. The smallest absolute Gasteiger partial charge is 0.247 e. The number of methoxy groups -OCH3 is 3. The summed E-state index contributed by atoms with van der Waals surface area (Å²) in [4.78, 5) is 24.6. The first kappa shape index (κ1) is 23.8. The molecule has 0 aliphatic rings. The van der Waals surface area contributed by atoms with Crippen molar-refractivity contribution in [3.05, 3.63) is 61.6 Å². The molecular formula is C21H23Cl2NO6. The van der Waals surface area contributed by atoms with Crippen LogP contribution in [0.15, 0.2) is 30.3 Å². The Morgan fingerprint density at radius 1 is 1.03 bits per heavy atom. The van der Waals surface area contributed by atoms with E-state index in [2.05, 4.69) is 0 Å². The number of halogens is 2. The Balaban J connectivity index is 2.37. The number of ether oxygens (including phenoxy) is 3. The normalized spacial score (nSPS) is 12.7. The third-order valence-electron chi connectivity index (χ3n) is 5.14. The van der Waals surface area contributed by atoms with Gasteiger partial charge in [0.05, 0.1) is 31.4 Å². The van der Waals surface area contributed by atoms with Crippen LogP contribution >= 0.6 is 23.2 Å². The predicted molar refractivity (Wildman–Crippen MR) is 115 cm³/mol. The Morgan fingerprint density at radius 3 is 2.07 bits per heavy atom. The van der Waals surface area contributed by atoms with E-state index in [1.54, 1.807) is 13.0 Å². The van der Waals surface area contributed by atoms with Gasteiger partial charge in [-0.15, -0.1) is 0 Å². The lowest BCUT2D eigenvalue weighted by Gasteiger charge is -2.25. The van der Waals surface area contributed by atoms with Gasteiger partial charge < -0.3 is 14.2 Å². The quantitative estimate of drug-likeness (QED) is 0.264. The average molecular weight is 456 g/mol. The van der Waals surface area contributed by atoms with Crippen LogP contribution in [0.2, 0.25) is 10.0 Å². The standard InChI is InChI=1S/C21H23Cl2NO6/c1-5-21(24(26)27,14-6-7-15(22)16(23)12-14)9-8-17(25)13-10-18(28-2)20(30-4)19(11-13)29-3/h6-7,10-12H,5,8-9H2,1-4H3. The van der Waals surface area contributed by atoms with E-state index in [9.17, 15) is 14.9 Å². The SMILES string of the molecule is CCC(CCC(=O)c1cc(OC)c(OC)c(OC)c1)(c1ccc(Cl)c(Cl)c1)[N+](=O)[O-]. The number of hydrogen-bond donors (Lipinski definition) is 0. The Kier molecular flexibility index (Phi) is 7.92. The fourth-order valence-corrected chi connectivity index (χ4v) is 3.64. The highest BCUT2D eigenvalue weighted by Gasteiger charge is 2.43. The molecule has 0 aliphatic carbocycles. The fraction of sp³-hybridized carbons (Fsp3) is 0.381. The molecule has 0 fully saturated rings. The highest BCUT2D eigenvalue weighted by Crippen LogP contribution is 2.40. The first-order valence-corrected chi connectivity index (χ1v) is 9.92. The number of ketones is 1. The second-order valence-corrected chi connectivity index (χ2v) is 7.42. The van der Waals surface area contributed by atoms with Gasteiger partial charge in [-0.1, -0.05) is 36.2 Å². The maximum atomic E-state index is 12.9. The number of Topliss-reactive ketones (excluding diaryl/α,β-unsaturated/α-hetero) is 1. The summed E-state index contributed by atoms with van der Waals surface area (Å²) in [6.45, 7) is 1.70. The molecule has 162 valence electrons. The number of benzene rings is 2. The molecule has 1 unspecified atom stereocenters. The van der Waals surface area contributed by atoms with Gasteiger partial charge in [-0.25, -0.2) is 0 Å². The van der Waals surface area contributed by atoms with Crippen molar-refractivity contribution in [2.24, 2.45) is 0 Å². The number of carbonyl (C=O) groups excluding carboxylic acids is 1. The molecule has 0 radical (unpaired) electrons. The lowest BCUT2D eigenvalue weighted by molar-refractivity contribution is -0.581. The summed E-state index contributed by atoms with van der Waals surface area (Å²) < 4.78 is 15.8. The number of nitrogens with zero attached hydrogens (tertiary/aromatic N) is 1. The van der Waals surface area contributed by atoms with Crippen molar-refractivity contribution in [1.29, 1.82) is 0 Å². The van der Waals surface area contributed by atoms with Gasteiger partial charge in [0.25, 0.3) is 0 Å². The fourth-order valence-electron chi connectivity index (χ4n) is 3.34. The second kappa shape index (κ2) is 10.00. The number of carbonyl (C=O) groups is 1. The minimum atomic E-state index is -1.47. The first-order valence-electron chi connectivity index (χ1n) is 9.17. The molecule has 2 rings (SSSR count). The molecule has 0 amide bonds. The maximum Gasteiger partial charge on any atom is 0.247 e. The van der Waals surface area contributed by atoms with Crippen LogP contribution in [0.25, 0.3) is 0 Å². The Labute approximate surface area is 185 Å². The molecule has 2 aromatic rings. The van der Waals surface area contributed by atoms with Gasteiger partial charge in [-0.05, 0) is 24.3 Å². The largest absolute Gasteiger partial charge is 0.493 e. The molecule has 0 spiro atoms. The van der Waals surface area contributed by atoms with Crippen molar-refractivity contribution in [1.82, 2.24) is 0 Å². The van der Waals surface area contributed by atoms with Gasteiger partial charge in [0.2, 0.25) is 11.3 Å². The Hall–Kier alpha value is -2.51. The molecule has 0 bridgehead atoms. The van der Waals surface area contributed by atoms with Crippen LogP contribution in [-0.4, -0.2) is 32.0 Å². The molecule has 2 aromatic carbocycles. The van der Waals surface area contributed by atoms with Crippen LogP contribution in [0.3, 0.4) is 0 Å². The van der Waals surface area contributed by atoms with E-state index in [1.165, 1.54) is 45.6 Å². The summed E-state index contributed by atoms with van der Waals surface area (Å²) in [6.07, 6.45) is 0.109. The molecule has 1 atom stereocenters. The summed E-state index contributed by atoms with van der Waals surface area (Å²) in [5, 5.41) is 12.6. The van der Waals surface area contributed by atoms with Gasteiger partial charge >= 0.3 is 0 Å². The zero-order valence-electron chi connectivity index (χ0n) is 17.2. The molecule has 9 heteroatoms. The first-order chi connectivity index (χ1) is 14.2. The van der Waals surface area contributed by atoms with Crippen molar-refractivity contribution < 1.29 is 23.9 Å². The van der Waals surface area contributed by atoms with Crippen LogP contribution in [-0.2, 0) is 5.54 Å². The Morgan fingerprint density at radius 2 is 1.63 bits per heavy atom. The molecule has 0 heterocycles. The van der Waals surface area contributed by atoms with Gasteiger partial charge in [0.1, 0.15) is 0 Å². The predicted octanol–water partition coefficient (Wildman–Crippen LogP) is 5.56. The van der Waals surface area contributed by atoms with Gasteiger partial charge in [0, 0.05) is 35.3 Å². The van der Waals surface area contributed by atoms with E-state index in [0.717, 1.165) is 0 Å². The van der Waals surface area contributed by atoms with E-state index >= 15 is 0 Å². The molecule has 7 nitrogen and oxygen atoms in total.